The smallest absolute Gasteiger partial charge is 0.230 e. The van der Waals surface area contributed by atoms with E-state index in [2.05, 4.69) is 21.2 Å². The molecule has 5 heteroatoms. The zero-order valence-corrected chi connectivity index (χ0v) is 12.8. The molecule has 0 spiro atoms. The maximum absolute atomic E-state index is 12.0. The van der Waals surface area contributed by atoms with Crippen molar-refractivity contribution in [3.05, 3.63) is 34.3 Å². The molecule has 1 rings (SSSR count). The second kappa shape index (κ2) is 6.85. The standard InChI is InChI=1S/C13H17BrN2OS/c1-3-11(12(15)18)13(17)16-8(2)9-4-6-10(14)7-5-9/h4-8,11H,3H2,1-2H3,(H2,15,18)(H,16,17). The first-order valence-electron chi connectivity index (χ1n) is 5.80. The molecule has 98 valence electrons. The first-order chi connectivity index (χ1) is 8.45. The van der Waals surface area contributed by atoms with E-state index in [9.17, 15) is 4.79 Å². The van der Waals surface area contributed by atoms with Crippen LogP contribution in [0.15, 0.2) is 28.7 Å². The Morgan fingerprint density at radius 2 is 2.00 bits per heavy atom. The molecule has 1 aromatic carbocycles. The number of rotatable bonds is 5. The van der Waals surface area contributed by atoms with Crippen molar-refractivity contribution in [3.8, 4) is 0 Å². The van der Waals surface area contributed by atoms with Crippen LogP contribution in [0.3, 0.4) is 0 Å². The van der Waals surface area contributed by atoms with Gasteiger partial charge in [-0.2, -0.15) is 0 Å². The lowest BCUT2D eigenvalue weighted by molar-refractivity contribution is -0.123. The third kappa shape index (κ3) is 4.07. The summed E-state index contributed by atoms with van der Waals surface area (Å²) in [6, 6.07) is 7.77. The lowest BCUT2D eigenvalue weighted by Gasteiger charge is -2.18. The van der Waals surface area contributed by atoms with E-state index in [-0.39, 0.29) is 16.9 Å². The molecule has 0 fully saturated rings. The third-order valence-electron chi connectivity index (χ3n) is 2.80. The monoisotopic (exact) mass is 328 g/mol. The average Bonchev–Trinajstić information content (AvgIpc) is 2.29. The van der Waals surface area contributed by atoms with Crippen LogP contribution in [0.25, 0.3) is 0 Å². The van der Waals surface area contributed by atoms with Gasteiger partial charge in [0.05, 0.1) is 16.9 Å². The Bertz CT molecular complexity index is 433. The van der Waals surface area contributed by atoms with Gasteiger partial charge in [-0.1, -0.05) is 47.2 Å². The molecule has 3 N–H and O–H groups in total. The zero-order chi connectivity index (χ0) is 13.7. The second-order valence-electron chi connectivity index (χ2n) is 4.15. The largest absolute Gasteiger partial charge is 0.393 e. The molecule has 0 aliphatic rings. The van der Waals surface area contributed by atoms with Crippen molar-refractivity contribution in [3.63, 3.8) is 0 Å². The number of thiocarbonyl (C=S) groups is 1. The number of amides is 1. The highest BCUT2D eigenvalue weighted by Gasteiger charge is 2.21. The van der Waals surface area contributed by atoms with Crippen molar-refractivity contribution in [1.82, 2.24) is 5.32 Å². The average molecular weight is 329 g/mol. The fraction of sp³-hybridized carbons (Fsp3) is 0.385. The molecule has 0 saturated heterocycles. The molecular weight excluding hydrogens is 312 g/mol. The summed E-state index contributed by atoms with van der Waals surface area (Å²) in [7, 11) is 0. The molecule has 0 aromatic heterocycles. The van der Waals surface area contributed by atoms with Crippen molar-refractivity contribution in [2.75, 3.05) is 0 Å². The molecule has 0 heterocycles. The Hall–Kier alpha value is -0.940. The Labute approximate surface area is 121 Å². The van der Waals surface area contributed by atoms with Gasteiger partial charge in [-0.25, -0.2) is 0 Å². The van der Waals surface area contributed by atoms with Gasteiger partial charge in [-0.3, -0.25) is 4.79 Å². The molecule has 0 radical (unpaired) electrons. The van der Waals surface area contributed by atoms with Crippen LogP contribution in [-0.4, -0.2) is 10.9 Å². The fourth-order valence-electron chi connectivity index (χ4n) is 1.66. The van der Waals surface area contributed by atoms with Gasteiger partial charge in [0, 0.05) is 4.47 Å². The normalized spacial score (nSPS) is 13.7. The molecule has 18 heavy (non-hydrogen) atoms. The van der Waals surface area contributed by atoms with E-state index in [1.807, 2.05) is 38.1 Å². The lowest BCUT2D eigenvalue weighted by Crippen LogP contribution is -2.38. The number of halogens is 1. The number of carbonyl (C=O) groups excluding carboxylic acids is 1. The number of carbonyl (C=O) groups is 1. The van der Waals surface area contributed by atoms with Gasteiger partial charge in [-0.05, 0) is 31.0 Å². The minimum Gasteiger partial charge on any atom is -0.393 e. The molecule has 0 aliphatic carbocycles. The van der Waals surface area contributed by atoms with Gasteiger partial charge in [0.25, 0.3) is 0 Å². The van der Waals surface area contributed by atoms with Gasteiger partial charge >= 0.3 is 0 Å². The third-order valence-corrected chi connectivity index (χ3v) is 3.61. The quantitative estimate of drug-likeness (QED) is 0.817. The van der Waals surface area contributed by atoms with Crippen molar-refractivity contribution in [2.24, 2.45) is 11.7 Å². The highest BCUT2D eigenvalue weighted by atomic mass is 79.9. The van der Waals surface area contributed by atoms with E-state index in [0.717, 1.165) is 10.0 Å². The maximum atomic E-state index is 12.0. The number of nitrogens with two attached hydrogens (primary N) is 1. The summed E-state index contributed by atoms with van der Waals surface area (Å²) in [5, 5.41) is 2.93. The highest BCUT2D eigenvalue weighted by Crippen LogP contribution is 2.17. The van der Waals surface area contributed by atoms with Crippen LogP contribution in [0.2, 0.25) is 0 Å². The van der Waals surface area contributed by atoms with Gasteiger partial charge in [0.1, 0.15) is 0 Å². The first-order valence-corrected chi connectivity index (χ1v) is 7.01. The van der Waals surface area contributed by atoms with Crippen LogP contribution in [0.4, 0.5) is 0 Å². The van der Waals surface area contributed by atoms with Gasteiger partial charge in [0.2, 0.25) is 5.91 Å². The summed E-state index contributed by atoms with van der Waals surface area (Å²) in [4.78, 5) is 12.2. The van der Waals surface area contributed by atoms with Crippen LogP contribution < -0.4 is 11.1 Å². The molecule has 3 nitrogen and oxygen atoms in total. The highest BCUT2D eigenvalue weighted by molar-refractivity contribution is 9.10. The summed E-state index contributed by atoms with van der Waals surface area (Å²) in [5.41, 5.74) is 6.59. The van der Waals surface area contributed by atoms with E-state index in [0.29, 0.717) is 6.42 Å². The summed E-state index contributed by atoms with van der Waals surface area (Å²) >= 11 is 8.27. The summed E-state index contributed by atoms with van der Waals surface area (Å²) in [5.74, 6) is -0.502. The second-order valence-corrected chi connectivity index (χ2v) is 5.53. The molecule has 0 bridgehead atoms. The summed E-state index contributed by atoms with van der Waals surface area (Å²) in [6.45, 7) is 3.83. The molecule has 2 unspecified atom stereocenters. The van der Waals surface area contributed by atoms with E-state index >= 15 is 0 Å². The minimum absolute atomic E-state index is 0.0611. The number of hydrogen-bond acceptors (Lipinski definition) is 2. The Morgan fingerprint density at radius 3 is 2.44 bits per heavy atom. The predicted molar refractivity (Wildman–Crippen MR) is 81.3 cm³/mol. The van der Waals surface area contributed by atoms with Crippen LogP contribution in [0.5, 0.6) is 0 Å². The van der Waals surface area contributed by atoms with Crippen LogP contribution >= 0.6 is 28.1 Å². The zero-order valence-electron chi connectivity index (χ0n) is 10.4. The minimum atomic E-state index is -0.391. The number of benzene rings is 1. The van der Waals surface area contributed by atoms with Gasteiger partial charge in [0.15, 0.2) is 0 Å². The van der Waals surface area contributed by atoms with E-state index in [1.54, 1.807) is 0 Å². The van der Waals surface area contributed by atoms with Crippen LogP contribution in [-0.2, 0) is 4.79 Å². The SMILES string of the molecule is CCC(C(=O)NC(C)c1ccc(Br)cc1)C(N)=S. The Morgan fingerprint density at radius 1 is 1.44 bits per heavy atom. The van der Waals surface area contributed by atoms with Crippen molar-refractivity contribution in [1.29, 1.82) is 0 Å². The molecule has 0 aliphatic heterocycles. The lowest BCUT2D eigenvalue weighted by atomic mass is 10.0. The Kier molecular flexibility index (Phi) is 5.75. The topological polar surface area (TPSA) is 55.1 Å². The van der Waals surface area contributed by atoms with Gasteiger partial charge in [-0.15, -0.1) is 0 Å². The molecular formula is C13H17BrN2OS. The number of nitrogens with one attached hydrogen (secondary N) is 1. The van der Waals surface area contributed by atoms with Crippen molar-refractivity contribution >= 4 is 39.0 Å². The molecule has 0 saturated carbocycles. The Balaban J connectivity index is 2.69. The summed E-state index contributed by atoms with van der Waals surface area (Å²) in [6.07, 6.45) is 0.619. The number of hydrogen-bond donors (Lipinski definition) is 2. The van der Waals surface area contributed by atoms with Crippen LogP contribution in [0.1, 0.15) is 31.9 Å². The maximum Gasteiger partial charge on any atom is 0.230 e. The first kappa shape index (κ1) is 15.1. The predicted octanol–water partition coefficient (Wildman–Crippen LogP) is 2.94. The van der Waals surface area contributed by atoms with E-state index < -0.39 is 5.92 Å². The van der Waals surface area contributed by atoms with Crippen molar-refractivity contribution < 1.29 is 4.79 Å². The van der Waals surface area contributed by atoms with E-state index in [1.165, 1.54) is 0 Å². The molecule has 1 amide bonds. The fourth-order valence-corrected chi connectivity index (χ4v) is 2.20. The molecule has 1 aromatic rings. The van der Waals surface area contributed by atoms with Gasteiger partial charge < -0.3 is 11.1 Å². The summed E-state index contributed by atoms with van der Waals surface area (Å²) < 4.78 is 1.01. The molecule has 2 atom stereocenters. The van der Waals surface area contributed by atoms with Crippen molar-refractivity contribution in [2.45, 2.75) is 26.3 Å². The van der Waals surface area contributed by atoms with Crippen LogP contribution in [0, 0.1) is 5.92 Å². The van der Waals surface area contributed by atoms with E-state index in [4.69, 9.17) is 18.0 Å².